The van der Waals surface area contributed by atoms with Gasteiger partial charge in [0.15, 0.2) is 5.76 Å². The van der Waals surface area contributed by atoms with E-state index < -0.39 is 26.6 Å². The molecule has 0 unspecified atom stereocenters. The predicted molar refractivity (Wildman–Crippen MR) is 113 cm³/mol. The van der Waals surface area contributed by atoms with E-state index in [0.29, 0.717) is 23.2 Å². The van der Waals surface area contributed by atoms with Crippen molar-refractivity contribution in [3.8, 4) is 0 Å². The SMILES string of the molecule is Cc1noc(CO[Si](C(C)C)(C(C)C)C(C)C)c1B1OC(C)(C)C(C)(C)O1. The fourth-order valence-electron chi connectivity index (χ4n) is 4.48. The molecule has 1 fully saturated rings. The molecule has 1 aromatic rings. The lowest BCUT2D eigenvalue weighted by atomic mass is 9.77. The summed E-state index contributed by atoms with van der Waals surface area (Å²) in [6.45, 7) is 24.3. The highest BCUT2D eigenvalue weighted by Crippen LogP contribution is 2.43. The molecule has 1 aliphatic heterocycles. The van der Waals surface area contributed by atoms with Crippen molar-refractivity contribution >= 4 is 20.9 Å². The van der Waals surface area contributed by atoms with Crippen LogP contribution in [0.1, 0.15) is 80.7 Å². The molecule has 27 heavy (non-hydrogen) atoms. The van der Waals surface area contributed by atoms with E-state index in [1.807, 2.05) is 6.92 Å². The molecule has 0 amide bonds. The summed E-state index contributed by atoms with van der Waals surface area (Å²) in [7, 11) is -2.47. The van der Waals surface area contributed by atoms with Crippen LogP contribution in [0.2, 0.25) is 16.6 Å². The molecule has 2 heterocycles. The first kappa shape index (κ1) is 22.7. The zero-order valence-electron chi connectivity index (χ0n) is 19.1. The van der Waals surface area contributed by atoms with E-state index >= 15 is 0 Å². The molecule has 0 aliphatic carbocycles. The van der Waals surface area contributed by atoms with Crippen molar-refractivity contribution < 1.29 is 18.3 Å². The molecule has 0 atom stereocenters. The van der Waals surface area contributed by atoms with Gasteiger partial charge in [0.25, 0.3) is 0 Å². The second kappa shape index (κ2) is 7.65. The third-order valence-corrected chi connectivity index (χ3v) is 12.7. The molecule has 0 saturated carbocycles. The summed E-state index contributed by atoms with van der Waals surface area (Å²) >= 11 is 0. The van der Waals surface area contributed by atoms with Crippen LogP contribution < -0.4 is 5.46 Å². The van der Waals surface area contributed by atoms with Gasteiger partial charge >= 0.3 is 7.12 Å². The molecule has 0 N–H and O–H groups in total. The molecule has 1 saturated heterocycles. The Balaban J connectivity index is 2.30. The minimum Gasteiger partial charge on any atom is -0.408 e. The summed E-state index contributed by atoms with van der Waals surface area (Å²) in [6.07, 6.45) is 0. The van der Waals surface area contributed by atoms with Gasteiger partial charge in [-0.05, 0) is 51.2 Å². The highest BCUT2D eigenvalue weighted by atomic mass is 28.4. The molecule has 7 heteroatoms. The Morgan fingerprint density at radius 2 is 1.37 bits per heavy atom. The molecule has 0 spiro atoms. The number of nitrogens with zero attached hydrogens (tertiary/aromatic N) is 1. The molecule has 0 radical (unpaired) electrons. The van der Waals surface area contributed by atoms with E-state index in [0.717, 1.165) is 16.9 Å². The van der Waals surface area contributed by atoms with Gasteiger partial charge in [-0.3, -0.25) is 0 Å². The fraction of sp³-hybridized carbons (Fsp3) is 0.850. The number of rotatable bonds is 7. The van der Waals surface area contributed by atoms with Crippen LogP contribution in [0.3, 0.4) is 0 Å². The lowest BCUT2D eigenvalue weighted by Crippen LogP contribution is -2.48. The Bertz CT molecular complexity index is 617. The lowest BCUT2D eigenvalue weighted by molar-refractivity contribution is 0.00578. The number of aryl methyl sites for hydroxylation is 1. The van der Waals surface area contributed by atoms with E-state index in [1.54, 1.807) is 0 Å². The van der Waals surface area contributed by atoms with Crippen molar-refractivity contribution in [2.45, 2.75) is 111 Å². The monoisotopic (exact) mass is 395 g/mol. The molecule has 154 valence electrons. The maximum atomic E-state index is 6.71. The maximum absolute atomic E-state index is 6.71. The molecule has 5 nitrogen and oxygen atoms in total. The van der Waals surface area contributed by atoms with Crippen molar-refractivity contribution in [3.05, 3.63) is 11.5 Å². The van der Waals surface area contributed by atoms with Crippen molar-refractivity contribution in [3.63, 3.8) is 0 Å². The van der Waals surface area contributed by atoms with Gasteiger partial charge in [-0.25, -0.2) is 0 Å². The Labute approximate surface area is 166 Å². The average Bonchev–Trinajstić information content (AvgIpc) is 2.95. The van der Waals surface area contributed by atoms with Gasteiger partial charge < -0.3 is 18.3 Å². The molecule has 1 aliphatic rings. The van der Waals surface area contributed by atoms with Crippen molar-refractivity contribution in [2.24, 2.45) is 0 Å². The molecular formula is C20H38BNO4Si. The van der Waals surface area contributed by atoms with Gasteiger partial charge in [0, 0.05) is 0 Å². The van der Waals surface area contributed by atoms with Crippen LogP contribution in [-0.4, -0.2) is 31.8 Å². The summed E-state index contributed by atoms with van der Waals surface area (Å²) in [5.74, 6) is 0.727. The van der Waals surface area contributed by atoms with Crippen LogP contribution in [0.4, 0.5) is 0 Å². The minimum atomic E-state index is -1.99. The van der Waals surface area contributed by atoms with E-state index in [1.165, 1.54) is 0 Å². The van der Waals surface area contributed by atoms with Gasteiger partial charge in [-0.2, -0.15) is 0 Å². The Morgan fingerprint density at radius 3 is 1.78 bits per heavy atom. The van der Waals surface area contributed by atoms with Crippen molar-refractivity contribution in [2.75, 3.05) is 0 Å². The normalized spacial score (nSPS) is 19.7. The van der Waals surface area contributed by atoms with Crippen LogP contribution in [0.15, 0.2) is 4.52 Å². The summed E-state index contributed by atoms with van der Waals surface area (Å²) in [5, 5.41) is 4.19. The van der Waals surface area contributed by atoms with Crippen molar-refractivity contribution in [1.82, 2.24) is 5.16 Å². The standard InChI is InChI=1S/C20H38BNO4Si/c1-13(2)27(14(3)4,15(5)6)23-12-17-18(16(7)22-24-17)21-25-19(8,9)20(10,11)26-21/h13-15H,12H2,1-11H3. The summed E-state index contributed by atoms with van der Waals surface area (Å²) in [6, 6.07) is 0. The highest BCUT2D eigenvalue weighted by molar-refractivity contribution is 6.77. The van der Waals surface area contributed by atoms with E-state index in [4.69, 9.17) is 18.3 Å². The van der Waals surface area contributed by atoms with Crippen LogP contribution in [-0.2, 0) is 20.3 Å². The van der Waals surface area contributed by atoms with Gasteiger partial charge in [0.2, 0.25) is 8.32 Å². The molecule has 2 rings (SSSR count). The third-order valence-electron chi connectivity index (χ3n) is 6.63. The van der Waals surface area contributed by atoms with Crippen LogP contribution >= 0.6 is 0 Å². The minimum absolute atomic E-state index is 0.397. The molecule has 0 aromatic carbocycles. The molecular weight excluding hydrogens is 357 g/mol. The van der Waals surface area contributed by atoms with Crippen molar-refractivity contribution in [1.29, 1.82) is 0 Å². The predicted octanol–water partition coefficient (Wildman–Crippen LogP) is 4.97. The van der Waals surface area contributed by atoms with Crippen LogP contribution in [0, 0.1) is 6.92 Å². The van der Waals surface area contributed by atoms with Gasteiger partial charge in [0.1, 0.15) is 0 Å². The van der Waals surface area contributed by atoms with Gasteiger partial charge in [0.05, 0.1) is 29.0 Å². The smallest absolute Gasteiger partial charge is 0.408 e. The first-order valence-corrected chi connectivity index (χ1v) is 12.3. The number of hydrogen-bond donors (Lipinski definition) is 0. The first-order valence-electron chi connectivity index (χ1n) is 10.2. The van der Waals surface area contributed by atoms with E-state index in [-0.39, 0.29) is 0 Å². The molecule has 0 bridgehead atoms. The second-order valence-electron chi connectivity index (χ2n) is 9.80. The first-order chi connectivity index (χ1) is 12.3. The third kappa shape index (κ3) is 3.93. The number of aromatic nitrogens is 1. The zero-order chi connectivity index (χ0) is 20.8. The summed E-state index contributed by atoms with van der Waals surface area (Å²) < 4.78 is 24.9. The Kier molecular flexibility index (Phi) is 6.42. The van der Waals surface area contributed by atoms with Gasteiger partial charge in [-0.1, -0.05) is 46.7 Å². The fourth-order valence-corrected chi connectivity index (χ4v) is 9.86. The van der Waals surface area contributed by atoms with Gasteiger partial charge in [-0.15, -0.1) is 0 Å². The highest BCUT2D eigenvalue weighted by Gasteiger charge is 2.54. The average molecular weight is 395 g/mol. The number of hydrogen-bond acceptors (Lipinski definition) is 5. The summed E-state index contributed by atoms with van der Waals surface area (Å²) in [4.78, 5) is 0. The Hall–Kier alpha value is -0.628. The quantitative estimate of drug-likeness (QED) is 0.610. The van der Waals surface area contributed by atoms with E-state index in [9.17, 15) is 0 Å². The maximum Gasteiger partial charge on any atom is 0.500 e. The van der Waals surface area contributed by atoms with E-state index in [2.05, 4.69) is 74.4 Å². The van der Waals surface area contributed by atoms with Crippen LogP contribution in [0.25, 0.3) is 0 Å². The second-order valence-corrected chi connectivity index (χ2v) is 15.3. The lowest BCUT2D eigenvalue weighted by Gasteiger charge is -2.41. The van der Waals surface area contributed by atoms with Crippen LogP contribution in [0.5, 0.6) is 0 Å². The molecule has 1 aromatic heterocycles. The zero-order valence-corrected chi connectivity index (χ0v) is 20.1. The largest absolute Gasteiger partial charge is 0.500 e. The Morgan fingerprint density at radius 1 is 0.926 bits per heavy atom. The summed E-state index contributed by atoms with van der Waals surface area (Å²) in [5.41, 5.74) is 2.44. The topological polar surface area (TPSA) is 53.7 Å².